The number of benzene rings is 2. The van der Waals surface area contributed by atoms with Gasteiger partial charge in [-0.1, -0.05) is 62.4 Å². The van der Waals surface area contributed by atoms with E-state index in [-0.39, 0.29) is 22.5 Å². The molecule has 3 aromatic rings. The van der Waals surface area contributed by atoms with E-state index in [0.29, 0.717) is 0 Å². The fourth-order valence-corrected chi connectivity index (χ4v) is 2.99. The van der Waals surface area contributed by atoms with E-state index >= 15 is 0 Å². The summed E-state index contributed by atoms with van der Waals surface area (Å²) in [6.45, 7) is 4.61. The van der Waals surface area contributed by atoms with Gasteiger partial charge in [0.05, 0.1) is 0 Å². The van der Waals surface area contributed by atoms with Gasteiger partial charge < -0.3 is 0 Å². The molecule has 21 heavy (non-hydrogen) atoms. The molecule has 0 bridgehead atoms. The summed E-state index contributed by atoms with van der Waals surface area (Å²) in [6, 6.07) is 27.4. The summed E-state index contributed by atoms with van der Waals surface area (Å²) in [6.07, 6.45) is 0. The Kier molecular flexibility index (Phi) is 4.77. The quantitative estimate of drug-likeness (QED) is 0.385. The molecule has 0 saturated carbocycles. The van der Waals surface area contributed by atoms with Gasteiger partial charge in [0.2, 0.25) is 0 Å². The second kappa shape index (κ2) is 6.39. The molecule has 0 heterocycles. The molecule has 3 aromatic carbocycles. The van der Waals surface area contributed by atoms with Gasteiger partial charge in [-0.05, 0) is 22.3 Å². The monoisotopic (exact) mass is 314 g/mol. The third-order valence-electron chi connectivity index (χ3n) is 4.05. The minimum atomic E-state index is 0. The molecule has 0 saturated heterocycles. The van der Waals surface area contributed by atoms with Crippen LogP contribution in [-0.4, -0.2) is 0 Å². The predicted molar refractivity (Wildman–Crippen MR) is 86.0 cm³/mol. The van der Waals surface area contributed by atoms with E-state index in [4.69, 9.17) is 0 Å². The fourth-order valence-electron chi connectivity index (χ4n) is 2.99. The van der Waals surface area contributed by atoms with E-state index < -0.39 is 0 Å². The molecule has 1 aliphatic rings. The maximum atomic E-state index is 2.30. The Balaban J connectivity index is 0.000000231. The average molecular weight is 314 g/mol. The Bertz CT molecular complexity index is 629. The fraction of sp³-hybridized carbons (Fsp3) is 0.150. The zero-order chi connectivity index (χ0) is 14.0. The zero-order valence-electron chi connectivity index (χ0n) is 12.4. The normalized spacial score (nSPS) is 13.2. The number of hydrogen-bond acceptors (Lipinski definition) is 0. The van der Waals surface area contributed by atoms with Crippen LogP contribution in [0.4, 0.5) is 0 Å². The molecule has 0 nitrogen and oxygen atoms in total. The van der Waals surface area contributed by atoms with Gasteiger partial charge in [-0.2, -0.15) is 18.2 Å². The minimum absolute atomic E-state index is 0. The standard InChI is InChI=1S/C15H14.C5H5.Mn/c1-15(2)13-9-5-3-7-11(13)12-8-4-6-10-14(12)15;1-2-4-5-3-1;/h3-10H,1-2H3;1-5H;/q;-1;. The summed E-state index contributed by atoms with van der Waals surface area (Å²) in [5, 5.41) is 0. The van der Waals surface area contributed by atoms with Crippen LogP contribution in [0.5, 0.6) is 0 Å². The van der Waals surface area contributed by atoms with Gasteiger partial charge in [0, 0.05) is 22.5 Å². The van der Waals surface area contributed by atoms with Crippen molar-refractivity contribution in [2.24, 2.45) is 0 Å². The number of fused-ring (bicyclic) bond motifs is 3. The molecular weight excluding hydrogens is 295 g/mol. The molecule has 1 heteroatoms. The van der Waals surface area contributed by atoms with E-state index in [9.17, 15) is 0 Å². The predicted octanol–water partition coefficient (Wildman–Crippen LogP) is 5.40. The van der Waals surface area contributed by atoms with E-state index in [2.05, 4.69) is 62.4 Å². The summed E-state index contributed by atoms with van der Waals surface area (Å²) < 4.78 is 0. The molecular formula is C20H19Mn-. The SMILES string of the molecule is CC1(C)c2ccccc2-c2ccccc21.[Mn].c1cc[cH-]c1. The number of hydrogen-bond donors (Lipinski definition) is 0. The molecule has 0 atom stereocenters. The van der Waals surface area contributed by atoms with Crippen molar-refractivity contribution >= 4 is 0 Å². The van der Waals surface area contributed by atoms with Crippen LogP contribution < -0.4 is 0 Å². The van der Waals surface area contributed by atoms with Crippen LogP contribution in [0.3, 0.4) is 0 Å². The van der Waals surface area contributed by atoms with Gasteiger partial charge >= 0.3 is 0 Å². The van der Waals surface area contributed by atoms with Gasteiger partial charge in [0.25, 0.3) is 0 Å². The number of rotatable bonds is 0. The van der Waals surface area contributed by atoms with Gasteiger partial charge in [0.15, 0.2) is 0 Å². The smallest absolute Gasteiger partial charge is 0.0158 e. The summed E-state index contributed by atoms with van der Waals surface area (Å²) in [7, 11) is 0. The van der Waals surface area contributed by atoms with Gasteiger partial charge in [-0.25, -0.2) is 12.1 Å². The zero-order valence-corrected chi connectivity index (χ0v) is 13.6. The van der Waals surface area contributed by atoms with Crippen LogP contribution in [0.2, 0.25) is 0 Å². The van der Waals surface area contributed by atoms with Crippen LogP contribution in [0.25, 0.3) is 11.1 Å². The Labute approximate surface area is 137 Å². The summed E-state index contributed by atoms with van der Waals surface area (Å²) in [5.74, 6) is 0. The molecule has 4 rings (SSSR count). The van der Waals surface area contributed by atoms with Crippen molar-refractivity contribution in [2.75, 3.05) is 0 Å². The van der Waals surface area contributed by atoms with Crippen LogP contribution >= 0.6 is 0 Å². The first kappa shape index (κ1) is 15.7. The van der Waals surface area contributed by atoms with Crippen molar-refractivity contribution in [1.29, 1.82) is 0 Å². The third-order valence-corrected chi connectivity index (χ3v) is 4.05. The van der Waals surface area contributed by atoms with E-state index in [1.54, 1.807) is 0 Å². The van der Waals surface area contributed by atoms with Gasteiger partial charge in [-0.3, -0.25) is 0 Å². The van der Waals surface area contributed by atoms with Crippen LogP contribution in [0.15, 0.2) is 78.9 Å². The Hall–Kier alpha value is -1.69. The largest absolute Gasteiger partial charge is 0.214 e. The third kappa shape index (κ3) is 2.85. The van der Waals surface area contributed by atoms with Gasteiger partial charge in [0.1, 0.15) is 0 Å². The summed E-state index contributed by atoms with van der Waals surface area (Å²) >= 11 is 0. The van der Waals surface area contributed by atoms with E-state index in [1.807, 2.05) is 30.3 Å². The summed E-state index contributed by atoms with van der Waals surface area (Å²) in [5.41, 5.74) is 5.86. The maximum Gasteiger partial charge on any atom is 0.0158 e. The second-order valence-electron chi connectivity index (χ2n) is 5.68. The molecule has 0 aromatic heterocycles. The topological polar surface area (TPSA) is 0 Å². The first-order valence-corrected chi connectivity index (χ1v) is 7.07. The van der Waals surface area contributed by atoms with Crippen molar-refractivity contribution in [2.45, 2.75) is 19.3 Å². The molecule has 1 aliphatic carbocycles. The molecule has 0 amide bonds. The first-order chi connectivity index (χ1) is 9.71. The van der Waals surface area contributed by atoms with Crippen molar-refractivity contribution in [1.82, 2.24) is 0 Å². The van der Waals surface area contributed by atoms with Crippen LogP contribution in [0, 0.1) is 0 Å². The van der Waals surface area contributed by atoms with E-state index in [1.165, 1.54) is 22.3 Å². The average Bonchev–Trinajstić information content (AvgIpc) is 3.12. The van der Waals surface area contributed by atoms with Crippen molar-refractivity contribution in [3.8, 4) is 11.1 Å². The summed E-state index contributed by atoms with van der Waals surface area (Å²) in [4.78, 5) is 0. The molecule has 0 aliphatic heterocycles. The molecule has 0 spiro atoms. The second-order valence-corrected chi connectivity index (χ2v) is 5.68. The van der Waals surface area contributed by atoms with Crippen molar-refractivity contribution < 1.29 is 17.1 Å². The Morgan fingerprint density at radius 2 is 1.10 bits per heavy atom. The Morgan fingerprint density at radius 1 is 0.667 bits per heavy atom. The van der Waals surface area contributed by atoms with Crippen LogP contribution in [0.1, 0.15) is 25.0 Å². The molecule has 0 fully saturated rings. The molecule has 1 radical (unpaired) electrons. The van der Waals surface area contributed by atoms with Crippen molar-refractivity contribution in [3.05, 3.63) is 90.0 Å². The molecule has 107 valence electrons. The van der Waals surface area contributed by atoms with Crippen molar-refractivity contribution in [3.63, 3.8) is 0 Å². The van der Waals surface area contributed by atoms with Gasteiger partial charge in [-0.15, -0.1) is 0 Å². The van der Waals surface area contributed by atoms with Crippen LogP contribution in [-0.2, 0) is 22.5 Å². The Morgan fingerprint density at radius 3 is 1.48 bits per heavy atom. The minimum Gasteiger partial charge on any atom is -0.214 e. The molecule has 0 unspecified atom stereocenters. The maximum absolute atomic E-state index is 2.30. The van der Waals surface area contributed by atoms with E-state index in [0.717, 1.165) is 0 Å². The molecule has 0 N–H and O–H groups in total. The first-order valence-electron chi connectivity index (χ1n) is 7.07.